The molecule has 1 unspecified atom stereocenters. The molecular formula is C25H25FN2O4S. The fourth-order valence-corrected chi connectivity index (χ4v) is 5.53. The minimum Gasteiger partial charge on any atom is -0.497 e. The van der Waals surface area contributed by atoms with Gasteiger partial charge in [0.1, 0.15) is 16.5 Å². The van der Waals surface area contributed by atoms with E-state index in [1.807, 2.05) is 42.5 Å². The van der Waals surface area contributed by atoms with Gasteiger partial charge in [-0.15, -0.1) is 0 Å². The van der Waals surface area contributed by atoms with Crippen LogP contribution in [0, 0.1) is 5.82 Å². The van der Waals surface area contributed by atoms with E-state index in [4.69, 9.17) is 4.74 Å². The van der Waals surface area contributed by atoms with Gasteiger partial charge >= 0.3 is 0 Å². The second kappa shape index (κ2) is 9.72. The topological polar surface area (TPSA) is 75.7 Å². The highest BCUT2D eigenvalue weighted by Gasteiger charge is 2.30. The summed E-state index contributed by atoms with van der Waals surface area (Å²) in [5.41, 5.74) is 1.74. The van der Waals surface area contributed by atoms with Gasteiger partial charge < -0.3 is 10.1 Å². The van der Waals surface area contributed by atoms with Crippen molar-refractivity contribution in [2.24, 2.45) is 0 Å². The SMILES string of the molecule is COc1ccc(C(NC(=O)c2ccc(F)c(S(=O)(=O)N3CCCC3)c2)c2ccccc2)cc1. The molecule has 172 valence electrons. The zero-order valence-electron chi connectivity index (χ0n) is 18.2. The molecule has 0 bridgehead atoms. The van der Waals surface area contributed by atoms with E-state index >= 15 is 0 Å². The van der Waals surface area contributed by atoms with Crippen LogP contribution in [-0.2, 0) is 10.0 Å². The van der Waals surface area contributed by atoms with Crippen LogP contribution in [0.15, 0.2) is 77.7 Å². The van der Waals surface area contributed by atoms with E-state index in [1.54, 1.807) is 19.2 Å². The molecule has 0 saturated carbocycles. The largest absolute Gasteiger partial charge is 0.497 e. The number of rotatable bonds is 7. The lowest BCUT2D eigenvalue weighted by molar-refractivity contribution is 0.0942. The third-order valence-corrected chi connectivity index (χ3v) is 7.65. The Hall–Kier alpha value is -3.23. The van der Waals surface area contributed by atoms with Crippen molar-refractivity contribution in [3.63, 3.8) is 0 Å². The van der Waals surface area contributed by atoms with Gasteiger partial charge in [-0.25, -0.2) is 12.8 Å². The van der Waals surface area contributed by atoms with Gasteiger partial charge in [-0.3, -0.25) is 4.79 Å². The van der Waals surface area contributed by atoms with E-state index < -0.39 is 32.7 Å². The highest BCUT2D eigenvalue weighted by molar-refractivity contribution is 7.89. The molecule has 1 heterocycles. The summed E-state index contributed by atoms with van der Waals surface area (Å²) in [5, 5.41) is 2.96. The number of carbonyl (C=O) groups excluding carboxylic acids is 1. The van der Waals surface area contributed by atoms with Crippen LogP contribution in [0.25, 0.3) is 0 Å². The number of benzene rings is 3. The molecular weight excluding hydrogens is 443 g/mol. The van der Waals surface area contributed by atoms with Crippen LogP contribution in [0.1, 0.15) is 40.4 Å². The van der Waals surface area contributed by atoms with Crippen molar-refractivity contribution < 1.29 is 22.3 Å². The number of hydrogen-bond acceptors (Lipinski definition) is 4. The van der Waals surface area contributed by atoms with E-state index in [1.165, 1.54) is 10.4 Å². The predicted octanol–water partition coefficient (Wildman–Crippen LogP) is 4.14. The van der Waals surface area contributed by atoms with Crippen molar-refractivity contribution in [2.45, 2.75) is 23.8 Å². The summed E-state index contributed by atoms with van der Waals surface area (Å²) in [6, 6.07) is 19.7. The fourth-order valence-electron chi connectivity index (χ4n) is 3.93. The average Bonchev–Trinajstić information content (AvgIpc) is 3.39. The maximum atomic E-state index is 14.5. The number of sulfonamides is 1. The van der Waals surface area contributed by atoms with E-state index in [9.17, 15) is 17.6 Å². The number of nitrogens with zero attached hydrogens (tertiary/aromatic N) is 1. The molecule has 3 aromatic carbocycles. The Kier molecular flexibility index (Phi) is 6.76. The first kappa shape index (κ1) is 22.9. The molecule has 0 radical (unpaired) electrons. The van der Waals surface area contributed by atoms with Crippen LogP contribution in [0.5, 0.6) is 5.75 Å². The standard InChI is InChI=1S/C25H25FN2O4S/c1-32-21-12-9-19(10-13-21)24(18-7-3-2-4-8-18)27-25(29)20-11-14-22(26)23(17-20)33(30,31)28-15-5-6-16-28/h2-4,7-14,17,24H,5-6,15-16H2,1H3,(H,27,29). The summed E-state index contributed by atoms with van der Waals surface area (Å²) in [6.45, 7) is 0.706. The Morgan fingerprint density at radius 2 is 1.61 bits per heavy atom. The minimum atomic E-state index is -4.00. The molecule has 6 nitrogen and oxygen atoms in total. The molecule has 3 aromatic rings. The highest BCUT2D eigenvalue weighted by Crippen LogP contribution is 2.27. The van der Waals surface area contributed by atoms with Crippen molar-refractivity contribution in [3.05, 3.63) is 95.3 Å². The quantitative estimate of drug-likeness (QED) is 0.566. The number of halogens is 1. The molecule has 0 spiro atoms. The van der Waals surface area contributed by atoms with E-state index in [-0.39, 0.29) is 5.56 Å². The molecule has 4 rings (SSSR count). The van der Waals surface area contributed by atoms with Gasteiger partial charge in [0.15, 0.2) is 0 Å². The van der Waals surface area contributed by atoms with E-state index in [2.05, 4.69) is 5.32 Å². The van der Waals surface area contributed by atoms with Crippen molar-refractivity contribution in [2.75, 3.05) is 20.2 Å². The van der Waals surface area contributed by atoms with E-state index in [0.29, 0.717) is 18.8 Å². The van der Waals surface area contributed by atoms with Gasteiger partial charge in [0.2, 0.25) is 10.0 Å². The zero-order chi connectivity index (χ0) is 23.4. The molecule has 1 N–H and O–H groups in total. The van der Waals surface area contributed by atoms with Crippen LogP contribution in [0.4, 0.5) is 4.39 Å². The lowest BCUT2D eigenvalue weighted by atomic mass is 9.98. The number of nitrogens with one attached hydrogen (secondary N) is 1. The first-order chi connectivity index (χ1) is 15.9. The van der Waals surface area contributed by atoms with Crippen molar-refractivity contribution in [1.29, 1.82) is 0 Å². The number of carbonyl (C=O) groups is 1. The smallest absolute Gasteiger partial charge is 0.252 e. The Labute approximate surface area is 193 Å². The summed E-state index contributed by atoms with van der Waals surface area (Å²) in [6.07, 6.45) is 1.48. The van der Waals surface area contributed by atoms with Crippen LogP contribution < -0.4 is 10.1 Å². The first-order valence-electron chi connectivity index (χ1n) is 10.7. The van der Waals surface area contributed by atoms with Gasteiger partial charge in [-0.05, 0) is 54.3 Å². The monoisotopic (exact) mass is 468 g/mol. The summed E-state index contributed by atoms with van der Waals surface area (Å²) in [5.74, 6) is -0.682. The molecule has 1 amide bonds. The number of ether oxygens (including phenoxy) is 1. The lowest BCUT2D eigenvalue weighted by Crippen LogP contribution is -2.31. The Morgan fingerprint density at radius 1 is 0.970 bits per heavy atom. The number of methoxy groups -OCH3 is 1. The third-order valence-electron chi connectivity index (χ3n) is 5.73. The second-order valence-electron chi connectivity index (χ2n) is 7.85. The highest BCUT2D eigenvalue weighted by atomic mass is 32.2. The molecule has 1 fully saturated rings. The zero-order valence-corrected chi connectivity index (χ0v) is 19.0. The molecule has 0 aliphatic carbocycles. The molecule has 1 saturated heterocycles. The molecule has 1 aliphatic heterocycles. The average molecular weight is 469 g/mol. The number of amides is 1. The molecule has 8 heteroatoms. The van der Waals surface area contributed by atoms with Crippen LogP contribution in [0.3, 0.4) is 0 Å². The second-order valence-corrected chi connectivity index (χ2v) is 9.75. The Balaban J connectivity index is 1.65. The third kappa shape index (κ3) is 4.91. The molecule has 33 heavy (non-hydrogen) atoms. The first-order valence-corrected chi connectivity index (χ1v) is 12.1. The van der Waals surface area contributed by atoms with Crippen LogP contribution >= 0.6 is 0 Å². The number of hydrogen-bond donors (Lipinski definition) is 1. The van der Waals surface area contributed by atoms with Crippen molar-refractivity contribution >= 4 is 15.9 Å². The molecule has 1 atom stereocenters. The van der Waals surface area contributed by atoms with Gasteiger partial charge in [0.05, 0.1) is 13.2 Å². The van der Waals surface area contributed by atoms with Crippen molar-refractivity contribution in [3.8, 4) is 5.75 Å². The molecule has 1 aliphatic rings. The Bertz CT molecular complexity index is 1230. The van der Waals surface area contributed by atoms with Crippen LogP contribution in [-0.4, -0.2) is 38.8 Å². The maximum absolute atomic E-state index is 14.5. The summed E-state index contributed by atoms with van der Waals surface area (Å²) in [7, 11) is -2.42. The van der Waals surface area contributed by atoms with Gasteiger partial charge in [0, 0.05) is 18.7 Å². The minimum absolute atomic E-state index is 0.0728. The summed E-state index contributed by atoms with van der Waals surface area (Å²) >= 11 is 0. The summed E-state index contributed by atoms with van der Waals surface area (Å²) in [4.78, 5) is 12.7. The Morgan fingerprint density at radius 3 is 2.24 bits per heavy atom. The van der Waals surface area contributed by atoms with Gasteiger partial charge in [-0.1, -0.05) is 42.5 Å². The predicted molar refractivity (Wildman–Crippen MR) is 123 cm³/mol. The lowest BCUT2D eigenvalue weighted by Gasteiger charge is -2.21. The summed E-state index contributed by atoms with van der Waals surface area (Å²) < 4.78 is 46.8. The van der Waals surface area contributed by atoms with Crippen LogP contribution in [0.2, 0.25) is 0 Å². The van der Waals surface area contributed by atoms with Gasteiger partial charge in [-0.2, -0.15) is 4.31 Å². The van der Waals surface area contributed by atoms with Crippen molar-refractivity contribution in [1.82, 2.24) is 9.62 Å². The normalized spacial score (nSPS) is 15.2. The van der Waals surface area contributed by atoms with Gasteiger partial charge in [0.25, 0.3) is 5.91 Å². The maximum Gasteiger partial charge on any atom is 0.252 e. The molecule has 0 aromatic heterocycles. The fraction of sp³-hybridized carbons (Fsp3) is 0.240. The van der Waals surface area contributed by atoms with E-state index in [0.717, 1.165) is 36.1 Å².